The Kier molecular flexibility index (Phi) is 5.79. The highest BCUT2D eigenvalue weighted by molar-refractivity contribution is 6.06. The van der Waals surface area contributed by atoms with Gasteiger partial charge in [-0.25, -0.2) is 4.79 Å². The first-order valence-electron chi connectivity index (χ1n) is 6.84. The van der Waals surface area contributed by atoms with Gasteiger partial charge in [0.2, 0.25) is 5.91 Å². The third kappa shape index (κ3) is 4.54. The highest BCUT2D eigenvalue weighted by Crippen LogP contribution is 2.13. The van der Waals surface area contributed by atoms with Crippen molar-refractivity contribution in [2.75, 3.05) is 13.1 Å². The van der Waals surface area contributed by atoms with Crippen molar-refractivity contribution in [3.8, 4) is 0 Å². The molecular formula is C13H23N3O3. The second-order valence-electron chi connectivity index (χ2n) is 5.26. The van der Waals surface area contributed by atoms with E-state index in [1.165, 1.54) is 0 Å². The number of hydrogen-bond acceptors (Lipinski definition) is 3. The third-order valence-corrected chi connectivity index (χ3v) is 2.97. The third-order valence-electron chi connectivity index (χ3n) is 2.97. The molecule has 0 spiro atoms. The lowest BCUT2D eigenvalue weighted by Gasteiger charge is -2.13. The number of carbonyl (C=O) groups excluding carboxylic acids is 3. The normalized spacial score (nSPS) is 18.9. The van der Waals surface area contributed by atoms with Gasteiger partial charge >= 0.3 is 6.03 Å². The molecule has 1 rings (SSSR count). The molecule has 0 aliphatic carbocycles. The van der Waals surface area contributed by atoms with Crippen molar-refractivity contribution in [2.45, 2.75) is 46.1 Å². The van der Waals surface area contributed by atoms with Gasteiger partial charge in [-0.3, -0.25) is 14.5 Å². The van der Waals surface area contributed by atoms with E-state index >= 15 is 0 Å². The smallest absolute Gasteiger partial charge is 0.325 e. The molecule has 0 aromatic heterocycles. The fourth-order valence-electron chi connectivity index (χ4n) is 1.96. The molecule has 1 aliphatic rings. The van der Waals surface area contributed by atoms with Crippen LogP contribution in [0.3, 0.4) is 0 Å². The number of amides is 4. The fourth-order valence-corrected chi connectivity index (χ4v) is 1.96. The monoisotopic (exact) mass is 269 g/mol. The first-order chi connectivity index (χ1) is 8.95. The molecule has 6 nitrogen and oxygen atoms in total. The van der Waals surface area contributed by atoms with Crippen molar-refractivity contribution in [1.29, 1.82) is 0 Å². The average molecular weight is 269 g/mol. The molecule has 1 atom stereocenters. The average Bonchev–Trinajstić information content (AvgIpc) is 2.56. The van der Waals surface area contributed by atoms with Gasteiger partial charge in [0.05, 0.1) is 0 Å². The van der Waals surface area contributed by atoms with E-state index in [1.807, 2.05) is 20.8 Å². The van der Waals surface area contributed by atoms with Crippen LogP contribution in [0.5, 0.6) is 0 Å². The maximum absolute atomic E-state index is 12.0. The van der Waals surface area contributed by atoms with Gasteiger partial charge in [-0.1, -0.05) is 27.2 Å². The first-order valence-corrected chi connectivity index (χ1v) is 6.84. The first kappa shape index (κ1) is 15.5. The van der Waals surface area contributed by atoms with E-state index in [2.05, 4.69) is 10.6 Å². The molecule has 0 bridgehead atoms. The Labute approximate surface area is 113 Å². The quantitative estimate of drug-likeness (QED) is 0.531. The van der Waals surface area contributed by atoms with Gasteiger partial charge < -0.3 is 10.6 Å². The van der Waals surface area contributed by atoms with Gasteiger partial charge in [0.25, 0.3) is 5.91 Å². The number of carbonyl (C=O) groups is 3. The number of rotatable bonds is 7. The Bertz CT molecular complexity index is 355. The molecule has 0 saturated carbocycles. The van der Waals surface area contributed by atoms with Gasteiger partial charge in [-0.15, -0.1) is 0 Å². The number of imide groups is 1. The summed E-state index contributed by atoms with van der Waals surface area (Å²) in [6, 6.07) is -0.961. The number of hydrogen-bond donors (Lipinski definition) is 2. The Hall–Kier alpha value is -1.59. The SMILES string of the molecule is CCCCNC(=O)CN1C(=O)NC(CC(C)C)C1=O. The van der Waals surface area contributed by atoms with Crippen LogP contribution in [0.25, 0.3) is 0 Å². The van der Waals surface area contributed by atoms with Crippen molar-refractivity contribution in [2.24, 2.45) is 5.92 Å². The molecule has 19 heavy (non-hydrogen) atoms. The van der Waals surface area contributed by atoms with E-state index in [1.54, 1.807) is 0 Å². The van der Waals surface area contributed by atoms with Crippen molar-refractivity contribution < 1.29 is 14.4 Å². The van der Waals surface area contributed by atoms with Gasteiger partial charge in [-0.05, 0) is 18.8 Å². The zero-order chi connectivity index (χ0) is 14.4. The van der Waals surface area contributed by atoms with E-state index < -0.39 is 12.1 Å². The number of nitrogens with one attached hydrogen (secondary N) is 2. The molecule has 0 aromatic carbocycles. The number of urea groups is 1. The molecular weight excluding hydrogens is 246 g/mol. The molecule has 1 heterocycles. The zero-order valence-corrected chi connectivity index (χ0v) is 11.9. The second kappa shape index (κ2) is 7.11. The lowest BCUT2D eigenvalue weighted by molar-refractivity contribution is -0.132. The lowest BCUT2D eigenvalue weighted by atomic mass is 10.0. The minimum absolute atomic E-state index is 0.191. The number of unbranched alkanes of at least 4 members (excludes halogenated alkanes) is 1. The summed E-state index contributed by atoms with van der Waals surface area (Å²) in [4.78, 5) is 36.2. The Balaban J connectivity index is 2.47. The molecule has 1 saturated heterocycles. The topological polar surface area (TPSA) is 78.5 Å². The van der Waals surface area contributed by atoms with Crippen LogP contribution in [0.1, 0.15) is 40.0 Å². The highest BCUT2D eigenvalue weighted by Gasteiger charge is 2.38. The van der Waals surface area contributed by atoms with Gasteiger partial charge in [0.1, 0.15) is 12.6 Å². The lowest BCUT2D eigenvalue weighted by Crippen LogP contribution is -2.41. The van der Waals surface area contributed by atoms with Crippen molar-refractivity contribution in [3.05, 3.63) is 0 Å². The summed E-state index contributed by atoms with van der Waals surface area (Å²) in [6.07, 6.45) is 2.47. The van der Waals surface area contributed by atoms with Crippen molar-refractivity contribution >= 4 is 17.8 Å². The summed E-state index contributed by atoms with van der Waals surface area (Å²) in [5.74, 6) is -0.279. The summed E-state index contributed by atoms with van der Waals surface area (Å²) in [5.41, 5.74) is 0. The minimum atomic E-state index is -0.490. The van der Waals surface area contributed by atoms with E-state index in [9.17, 15) is 14.4 Å². The Morgan fingerprint density at radius 1 is 1.42 bits per heavy atom. The predicted octanol–water partition coefficient (Wildman–Crippen LogP) is 0.869. The summed E-state index contributed by atoms with van der Waals surface area (Å²) < 4.78 is 0. The predicted molar refractivity (Wildman–Crippen MR) is 71.4 cm³/mol. The molecule has 6 heteroatoms. The summed E-state index contributed by atoms with van der Waals surface area (Å²) in [5, 5.41) is 5.31. The van der Waals surface area contributed by atoms with Crippen LogP contribution in [0.2, 0.25) is 0 Å². The molecule has 2 N–H and O–H groups in total. The largest absolute Gasteiger partial charge is 0.355 e. The van der Waals surface area contributed by atoms with Crippen molar-refractivity contribution in [3.63, 3.8) is 0 Å². The van der Waals surface area contributed by atoms with Crippen molar-refractivity contribution in [1.82, 2.24) is 15.5 Å². The van der Waals surface area contributed by atoms with Crippen LogP contribution < -0.4 is 10.6 Å². The van der Waals surface area contributed by atoms with E-state index in [0.717, 1.165) is 17.7 Å². The van der Waals surface area contributed by atoms with Crippen LogP contribution in [0.4, 0.5) is 4.79 Å². The van der Waals surface area contributed by atoms with Crippen LogP contribution in [0.15, 0.2) is 0 Å². The maximum atomic E-state index is 12.0. The molecule has 1 aliphatic heterocycles. The standard InChI is InChI=1S/C13H23N3O3/c1-4-5-6-14-11(17)8-16-12(18)10(7-9(2)3)15-13(16)19/h9-10H,4-8H2,1-3H3,(H,14,17)(H,15,19). The molecule has 1 unspecified atom stereocenters. The minimum Gasteiger partial charge on any atom is -0.355 e. The van der Waals surface area contributed by atoms with E-state index in [0.29, 0.717) is 18.9 Å². The van der Waals surface area contributed by atoms with Gasteiger partial charge in [0, 0.05) is 6.54 Å². The van der Waals surface area contributed by atoms with Crippen LogP contribution in [-0.4, -0.2) is 41.9 Å². The second-order valence-corrected chi connectivity index (χ2v) is 5.26. The summed E-state index contributed by atoms with van der Waals surface area (Å²) in [7, 11) is 0. The van der Waals surface area contributed by atoms with E-state index in [4.69, 9.17) is 0 Å². The van der Waals surface area contributed by atoms with Gasteiger partial charge in [0.15, 0.2) is 0 Å². The molecule has 1 fully saturated rings. The van der Waals surface area contributed by atoms with E-state index in [-0.39, 0.29) is 18.4 Å². The number of nitrogens with zero attached hydrogens (tertiary/aromatic N) is 1. The van der Waals surface area contributed by atoms with Crippen LogP contribution in [-0.2, 0) is 9.59 Å². The molecule has 0 aromatic rings. The maximum Gasteiger partial charge on any atom is 0.325 e. The fraction of sp³-hybridized carbons (Fsp3) is 0.769. The van der Waals surface area contributed by atoms with Crippen LogP contribution in [0, 0.1) is 5.92 Å². The van der Waals surface area contributed by atoms with Gasteiger partial charge in [-0.2, -0.15) is 0 Å². The van der Waals surface area contributed by atoms with Crippen LogP contribution >= 0.6 is 0 Å². The summed E-state index contributed by atoms with van der Waals surface area (Å²) >= 11 is 0. The highest BCUT2D eigenvalue weighted by atomic mass is 16.2. The summed E-state index contributed by atoms with van der Waals surface area (Å²) in [6.45, 7) is 6.39. The Morgan fingerprint density at radius 3 is 2.68 bits per heavy atom. The zero-order valence-electron chi connectivity index (χ0n) is 11.9. The molecule has 4 amide bonds. The molecule has 108 valence electrons. The Morgan fingerprint density at radius 2 is 2.11 bits per heavy atom. The molecule has 0 radical (unpaired) electrons.